The van der Waals surface area contributed by atoms with Crippen molar-refractivity contribution < 1.29 is 9.13 Å². The molecule has 4 aromatic heterocycles. The van der Waals surface area contributed by atoms with Gasteiger partial charge >= 0.3 is 0 Å². The quantitative estimate of drug-likeness (QED) is 0.166. The summed E-state index contributed by atoms with van der Waals surface area (Å²) >= 11 is 0. The van der Waals surface area contributed by atoms with Gasteiger partial charge in [0, 0.05) is 47.7 Å². The molecule has 7 rings (SSSR count). The number of likely N-dealkylation sites (N-methyl/N-ethyl adjacent to an activating group) is 1. The molecule has 1 fully saturated rings. The third kappa shape index (κ3) is 5.85. The van der Waals surface area contributed by atoms with E-state index in [0.717, 1.165) is 52.7 Å². The number of aromatic amines is 2. The van der Waals surface area contributed by atoms with Gasteiger partial charge in [0.1, 0.15) is 22.8 Å². The molecule has 10 heteroatoms. The zero-order chi connectivity index (χ0) is 30.0. The highest BCUT2D eigenvalue weighted by Gasteiger charge is 2.18. The Hall–Kier alpha value is -4.83. The smallest absolute Gasteiger partial charge is 0.159 e. The van der Waals surface area contributed by atoms with Crippen molar-refractivity contribution in [1.82, 2.24) is 35.0 Å². The number of hydrogen-bond acceptors (Lipinski definition) is 7. The second kappa shape index (κ2) is 12.0. The fraction of sp³-hybridized carbons (Fsp3) is 0.294. The molecule has 0 atom stereocenters. The van der Waals surface area contributed by atoms with Crippen LogP contribution < -0.4 is 10.1 Å². The molecular weight excluding hydrogens is 555 g/mol. The van der Waals surface area contributed by atoms with Gasteiger partial charge in [-0.25, -0.2) is 9.37 Å². The molecule has 224 valence electrons. The van der Waals surface area contributed by atoms with E-state index >= 15 is 0 Å². The molecule has 0 bridgehead atoms. The minimum absolute atomic E-state index is 0.259. The number of rotatable bonds is 9. The molecule has 0 aliphatic heterocycles. The largest absolute Gasteiger partial charge is 0.489 e. The third-order valence-corrected chi connectivity index (χ3v) is 8.15. The first-order valence-electron chi connectivity index (χ1n) is 15.1. The van der Waals surface area contributed by atoms with E-state index < -0.39 is 0 Å². The highest BCUT2D eigenvalue weighted by Crippen LogP contribution is 2.34. The van der Waals surface area contributed by atoms with E-state index in [1.807, 2.05) is 38.5 Å². The van der Waals surface area contributed by atoms with Gasteiger partial charge in [0.15, 0.2) is 5.82 Å². The molecule has 0 amide bonds. The maximum absolute atomic E-state index is 14.7. The van der Waals surface area contributed by atoms with Crippen molar-refractivity contribution in [3.8, 4) is 39.7 Å². The summed E-state index contributed by atoms with van der Waals surface area (Å²) in [6.07, 6.45) is 11.5. The highest BCUT2D eigenvalue weighted by atomic mass is 19.1. The first kappa shape index (κ1) is 28.0. The van der Waals surface area contributed by atoms with E-state index in [-0.39, 0.29) is 11.9 Å². The molecule has 44 heavy (non-hydrogen) atoms. The molecule has 0 spiro atoms. The van der Waals surface area contributed by atoms with E-state index in [1.165, 1.54) is 31.4 Å². The van der Waals surface area contributed by atoms with Crippen molar-refractivity contribution in [3.05, 3.63) is 72.9 Å². The number of ether oxygens (including phenoxy) is 1. The lowest BCUT2D eigenvalue weighted by molar-refractivity contribution is 0.154. The summed E-state index contributed by atoms with van der Waals surface area (Å²) in [5, 5.41) is 12.0. The zero-order valence-corrected chi connectivity index (χ0v) is 24.9. The number of benzene rings is 2. The number of imidazole rings is 1. The van der Waals surface area contributed by atoms with Crippen LogP contribution in [-0.4, -0.2) is 68.3 Å². The van der Waals surface area contributed by atoms with Crippen LogP contribution in [-0.2, 0) is 0 Å². The molecule has 0 radical (unpaired) electrons. The fourth-order valence-corrected chi connectivity index (χ4v) is 5.90. The first-order chi connectivity index (χ1) is 21.5. The Morgan fingerprint density at radius 3 is 2.68 bits per heavy atom. The minimum Gasteiger partial charge on any atom is -0.489 e. The molecule has 0 saturated heterocycles. The number of aromatic nitrogens is 6. The summed E-state index contributed by atoms with van der Waals surface area (Å²) in [6.45, 7) is 1.53. The number of pyridine rings is 2. The van der Waals surface area contributed by atoms with Crippen molar-refractivity contribution in [2.75, 3.05) is 32.5 Å². The molecule has 3 N–H and O–H groups in total. The second-order valence-electron chi connectivity index (χ2n) is 11.7. The van der Waals surface area contributed by atoms with Gasteiger partial charge in [-0.15, -0.1) is 0 Å². The van der Waals surface area contributed by atoms with Crippen LogP contribution in [0.25, 0.3) is 55.8 Å². The Kier molecular flexibility index (Phi) is 7.66. The van der Waals surface area contributed by atoms with Crippen LogP contribution in [0.1, 0.15) is 32.1 Å². The Bertz CT molecular complexity index is 1920. The lowest BCUT2D eigenvalue weighted by Crippen LogP contribution is -2.20. The molecule has 1 aliphatic carbocycles. The first-order valence-corrected chi connectivity index (χ1v) is 15.1. The average Bonchev–Trinajstić information content (AvgIpc) is 3.65. The molecule has 1 aliphatic rings. The van der Waals surface area contributed by atoms with Crippen molar-refractivity contribution in [2.45, 2.75) is 38.2 Å². The van der Waals surface area contributed by atoms with Crippen molar-refractivity contribution in [2.24, 2.45) is 0 Å². The molecule has 9 nitrogen and oxygen atoms in total. The normalized spacial score (nSPS) is 14.1. The average molecular weight is 591 g/mol. The van der Waals surface area contributed by atoms with Gasteiger partial charge in [0.25, 0.3) is 0 Å². The number of fused-ring (bicyclic) bond motifs is 2. The molecule has 0 unspecified atom stereocenters. The van der Waals surface area contributed by atoms with Crippen molar-refractivity contribution >= 4 is 27.6 Å². The maximum Gasteiger partial charge on any atom is 0.159 e. The number of halogens is 1. The number of nitrogens with zero attached hydrogens (tertiary/aromatic N) is 5. The topological polar surface area (TPSA) is 108 Å². The summed E-state index contributed by atoms with van der Waals surface area (Å²) in [5.74, 6) is 1.07. The summed E-state index contributed by atoms with van der Waals surface area (Å²) in [6, 6.07) is 15.0. The number of H-pyrrole nitrogens is 2. The predicted molar refractivity (Wildman–Crippen MR) is 172 cm³/mol. The standard InChI is InChI=1S/C34H35FN8O/c1-43(2)13-12-37-25-15-22(14-24(35)18-25)31-33-30(10-11-38-31)39-34(40-33)32-28-17-21(8-9-29(28)41-42-32)23-16-27(20-36-19-23)44-26-6-4-3-5-7-26/h8-11,14-20,26,37H,3-7,12-13H2,1-2H3,(H,39,40)(H,41,42). The van der Waals surface area contributed by atoms with Crippen LogP contribution in [0.3, 0.4) is 0 Å². The van der Waals surface area contributed by atoms with E-state index in [0.29, 0.717) is 40.5 Å². The molecule has 4 heterocycles. The Morgan fingerprint density at radius 1 is 0.932 bits per heavy atom. The van der Waals surface area contributed by atoms with Crippen LogP contribution >= 0.6 is 0 Å². The number of hydrogen-bond donors (Lipinski definition) is 3. The van der Waals surface area contributed by atoms with Gasteiger partial charge < -0.3 is 19.9 Å². The molecule has 2 aromatic carbocycles. The monoisotopic (exact) mass is 590 g/mol. The van der Waals surface area contributed by atoms with Crippen LogP contribution in [0.4, 0.5) is 10.1 Å². The van der Waals surface area contributed by atoms with Crippen LogP contribution in [0, 0.1) is 5.82 Å². The van der Waals surface area contributed by atoms with Gasteiger partial charge in [-0.1, -0.05) is 12.5 Å². The van der Waals surface area contributed by atoms with Crippen molar-refractivity contribution in [3.63, 3.8) is 0 Å². The fourth-order valence-electron chi connectivity index (χ4n) is 5.90. The number of nitrogens with one attached hydrogen (secondary N) is 3. The van der Waals surface area contributed by atoms with Crippen molar-refractivity contribution in [1.29, 1.82) is 0 Å². The Labute approximate surface area is 254 Å². The lowest BCUT2D eigenvalue weighted by Gasteiger charge is -2.23. The van der Waals surface area contributed by atoms with E-state index in [9.17, 15) is 4.39 Å². The third-order valence-electron chi connectivity index (χ3n) is 8.15. The van der Waals surface area contributed by atoms with Gasteiger partial charge in [-0.05, 0) is 87.8 Å². The van der Waals surface area contributed by atoms with Gasteiger partial charge in [0.05, 0.1) is 29.0 Å². The maximum atomic E-state index is 14.7. The second-order valence-corrected chi connectivity index (χ2v) is 11.7. The Balaban J connectivity index is 1.21. The summed E-state index contributed by atoms with van der Waals surface area (Å²) in [5.41, 5.74) is 6.96. The summed E-state index contributed by atoms with van der Waals surface area (Å²) in [4.78, 5) is 19.5. The molecule has 1 saturated carbocycles. The molecule has 6 aromatic rings. The van der Waals surface area contributed by atoms with Gasteiger partial charge in [0.2, 0.25) is 0 Å². The predicted octanol–water partition coefficient (Wildman–Crippen LogP) is 7.05. The highest BCUT2D eigenvalue weighted by molar-refractivity contribution is 5.97. The van der Waals surface area contributed by atoms with Gasteiger partial charge in [-0.2, -0.15) is 5.10 Å². The summed E-state index contributed by atoms with van der Waals surface area (Å²) < 4.78 is 21.0. The van der Waals surface area contributed by atoms with Crippen LogP contribution in [0.5, 0.6) is 5.75 Å². The van der Waals surface area contributed by atoms with Crippen LogP contribution in [0.2, 0.25) is 0 Å². The van der Waals surface area contributed by atoms with Gasteiger partial charge in [-0.3, -0.25) is 15.1 Å². The van der Waals surface area contributed by atoms with E-state index in [1.54, 1.807) is 12.4 Å². The van der Waals surface area contributed by atoms with Crippen LogP contribution in [0.15, 0.2) is 67.1 Å². The minimum atomic E-state index is -0.335. The van der Waals surface area contributed by atoms with E-state index in [2.05, 4.69) is 53.6 Å². The number of anilines is 1. The Morgan fingerprint density at radius 2 is 1.82 bits per heavy atom. The SMILES string of the molecule is CN(C)CCNc1cc(F)cc(-c2nccc3[nH]c(-c4n[nH]c5ccc(-c6cncc(OC7CCCCC7)c6)cc45)nc23)c1. The van der Waals surface area contributed by atoms with E-state index in [4.69, 9.17) is 9.72 Å². The lowest BCUT2D eigenvalue weighted by atomic mass is 9.98. The summed E-state index contributed by atoms with van der Waals surface area (Å²) in [7, 11) is 4.01. The molecular formula is C34H35FN8O. The zero-order valence-electron chi connectivity index (χ0n) is 24.9.